The third-order valence-electron chi connectivity index (χ3n) is 6.05. The highest BCUT2D eigenvalue weighted by atomic mass is 32.2. The third-order valence-corrected chi connectivity index (χ3v) is 8.09. The summed E-state index contributed by atoms with van der Waals surface area (Å²) in [5.74, 6) is 0. The van der Waals surface area contributed by atoms with Gasteiger partial charge >= 0.3 is 5.63 Å². The lowest BCUT2D eigenvalue weighted by molar-refractivity contribution is 0.346. The molecule has 6 nitrogen and oxygen atoms in total. The van der Waals surface area contributed by atoms with Crippen molar-refractivity contribution >= 4 is 26.7 Å². The van der Waals surface area contributed by atoms with Crippen LogP contribution in [0.3, 0.4) is 0 Å². The molecule has 1 saturated heterocycles. The van der Waals surface area contributed by atoms with Crippen molar-refractivity contribution in [3.8, 4) is 0 Å². The second kappa shape index (κ2) is 8.48. The summed E-state index contributed by atoms with van der Waals surface area (Å²) in [5, 5.41) is 4.17. The number of sulfonamides is 1. The highest BCUT2D eigenvalue weighted by Gasteiger charge is 2.27. The predicted octanol–water partition coefficient (Wildman–Crippen LogP) is 4.50. The van der Waals surface area contributed by atoms with Crippen LogP contribution in [-0.2, 0) is 16.6 Å². The molecule has 164 valence electrons. The predicted molar refractivity (Wildman–Crippen MR) is 123 cm³/mol. The fourth-order valence-corrected chi connectivity index (χ4v) is 5.83. The maximum absolute atomic E-state index is 13.2. The first-order chi connectivity index (χ1) is 14.8. The van der Waals surface area contributed by atoms with Crippen LogP contribution in [0.15, 0.2) is 50.5 Å². The first-order valence-corrected chi connectivity index (χ1v) is 12.1. The van der Waals surface area contributed by atoms with Crippen molar-refractivity contribution in [1.82, 2.24) is 4.31 Å². The van der Waals surface area contributed by atoms with Crippen LogP contribution in [0.4, 0.5) is 5.69 Å². The van der Waals surface area contributed by atoms with Crippen LogP contribution >= 0.6 is 0 Å². The van der Waals surface area contributed by atoms with Gasteiger partial charge in [-0.2, -0.15) is 4.31 Å². The molecular formula is C24H28N2O4S. The lowest BCUT2D eigenvalue weighted by Crippen LogP contribution is -2.36. The Labute approximate surface area is 182 Å². The zero-order chi connectivity index (χ0) is 22.2. The molecule has 0 aliphatic carbocycles. The maximum Gasteiger partial charge on any atom is 0.336 e. The van der Waals surface area contributed by atoms with Crippen molar-refractivity contribution in [2.24, 2.45) is 0 Å². The number of nitrogens with one attached hydrogen (secondary N) is 1. The van der Waals surface area contributed by atoms with E-state index in [9.17, 15) is 13.2 Å². The number of piperidine rings is 1. The zero-order valence-electron chi connectivity index (χ0n) is 18.2. The summed E-state index contributed by atoms with van der Waals surface area (Å²) in [5.41, 5.74) is 4.59. The minimum Gasteiger partial charge on any atom is -0.423 e. The van der Waals surface area contributed by atoms with Gasteiger partial charge in [-0.25, -0.2) is 13.2 Å². The van der Waals surface area contributed by atoms with Gasteiger partial charge in [-0.05, 0) is 80.1 Å². The molecule has 1 aliphatic rings. The van der Waals surface area contributed by atoms with E-state index in [4.69, 9.17) is 4.42 Å². The van der Waals surface area contributed by atoms with Gasteiger partial charge in [-0.1, -0.05) is 12.5 Å². The molecule has 1 fully saturated rings. The summed E-state index contributed by atoms with van der Waals surface area (Å²) in [6, 6.07) is 10.8. The number of rotatable bonds is 5. The molecule has 1 aliphatic heterocycles. The molecule has 0 atom stereocenters. The van der Waals surface area contributed by atoms with Gasteiger partial charge in [0.25, 0.3) is 0 Å². The Morgan fingerprint density at radius 2 is 1.65 bits per heavy atom. The van der Waals surface area contributed by atoms with Crippen LogP contribution in [0.1, 0.15) is 41.5 Å². The topological polar surface area (TPSA) is 79.6 Å². The van der Waals surface area contributed by atoms with E-state index in [0.717, 1.165) is 46.9 Å². The van der Waals surface area contributed by atoms with Crippen LogP contribution in [0.2, 0.25) is 0 Å². The quantitative estimate of drug-likeness (QED) is 0.591. The average Bonchev–Trinajstić information content (AvgIpc) is 2.74. The van der Waals surface area contributed by atoms with E-state index in [2.05, 4.69) is 5.32 Å². The fourth-order valence-electron chi connectivity index (χ4n) is 4.06. The van der Waals surface area contributed by atoms with Crippen molar-refractivity contribution in [2.75, 3.05) is 18.4 Å². The van der Waals surface area contributed by atoms with Crippen LogP contribution in [0.25, 0.3) is 11.0 Å². The number of hydrogen-bond donors (Lipinski definition) is 1. The van der Waals surface area contributed by atoms with Gasteiger partial charge < -0.3 is 9.73 Å². The van der Waals surface area contributed by atoms with Gasteiger partial charge in [-0.3, -0.25) is 0 Å². The molecule has 4 rings (SSSR count). The van der Waals surface area contributed by atoms with E-state index < -0.39 is 15.6 Å². The lowest BCUT2D eigenvalue weighted by Gasteiger charge is -2.26. The van der Waals surface area contributed by atoms with Crippen molar-refractivity contribution in [3.63, 3.8) is 0 Å². The molecule has 0 spiro atoms. The Hall–Kier alpha value is -2.64. The molecule has 31 heavy (non-hydrogen) atoms. The van der Waals surface area contributed by atoms with Crippen molar-refractivity contribution in [1.29, 1.82) is 0 Å². The lowest BCUT2D eigenvalue weighted by atomic mass is 10.0. The van der Waals surface area contributed by atoms with Gasteiger partial charge in [0.1, 0.15) is 5.58 Å². The van der Waals surface area contributed by atoms with Gasteiger partial charge in [0, 0.05) is 36.8 Å². The van der Waals surface area contributed by atoms with E-state index in [1.165, 1.54) is 6.07 Å². The normalized spacial score (nSPS) is 15.3. The Morgan fingerprint density at radius 3 is 2.39 bits per heavy atom. The fraction of sp³-hybridized carbons (Fsp3) is 0.375. The molecule has 0 bridgehead atoms. The van der Waals surface area contributed by atoms with Crippen LogP contribution in [0.5, 0.6) is 0 Å². The summed E-state index contributed by atoms with van der Waals surface area (Å²) in [6.45, 7) is 7.36. The van der Waals surface area contributed by atoms with Gasteiger partial charge in [0.15, 0.2) is 0 Å². The van der Waals surface area contributed by atoms with Crippen molar-refractivity contribution < 1.29 is 12.8 Å². The van der Waals surface area contributed by atoms with Crippen molar-refractivity contribution in [2.45, 2.75) is 51.5 Å². The van der Waals surface area contributed by atoms with Crippen LogP contribution in [-0.4, -0.2) is 25.8 Å². The van der Waals surface area contributed by atoms with E-state index in [1.807, 2.05) is 45.0 Å². The standard InChI is InChI=1S/C24H28N2O4S/c1-16-7-8-20(14-23(16)31(28,29)26-9-5-4-6-10-26)25-15-19-13-24(27)30-22-12-18(3)17(2)11-21(19)22/h7-8,11-14,25H,4-6,9-10,15H2,1-3H3. The summed E-state index contributed by atoms with van der Waals surface area (Å²) in [6.07, 6.45) is 2.88. The van der Waals surface area contributed by atoms with E-state index in [-0.39, 0.29) is 0 Å². The summed E-state index contributed by atoms with van der Waals surface area (Å²) < 4.78 is 33.3. The maximum atomic E-state index is 13.2. The molecule has 2 heterocycles. The Bertz CT molecular complexity index is 1290. The molecule has 1 N–H and O–H groups in total. The molecule has 0 saturated carbocycles. The largest absolute Gasteiger partial charge is 0.423 e. The Kier molecular flexibility index (Phi) is 5.90. The number of fused-ring (bicyclic) bond motifs is 1. The number of hydrogen-bond acceptors (Lipinski definition) is 5. The first kappa shape index (κ1) is 21.6. The number of anilines is 1. The first-order valence-electron chi connectivity index (χ1n) is 10.6. The molecule has 0 amide bonds. The van der Waals surface area contributed by atoms with Crippen LogP contribution < -0.4 is 10.9 Å². The number of benzene rings is 2. The summed E-state index contributed by atoms with van der Waals surface area (Å²) >= 11 is 0. The minimum absolute atomic E-state index is 0.336. The molecule has 3 aromatic rings. The smallest absolute Gasteiger partial charge is 0.336 e. The number of nitrogens with zero attached hydrogens (tertiary/aromatic N) is 1. The molecule has 7 heteroatoms. The second-order valence-electron chi connectivity index (χ2n) is 8.32. The number of aryl methyl sites for hydroxylation is 3. The van der Waals surface area contributed by atoms with E-state index >= 15 is 0 Å². The van der Waals surface area contributed by atoms with Crippen molar-refractivity contribution in [3.05, 3.63) is 69.1 Å². The van der Waals surface area contributed by atoms with E-state index in [1.54, 1.807) is 10.4 Å². The molecule has 0 radical (unpaired) electrons. The van der Waals surface area contributed by atoms with Gasteiger partial charge in [0.05, 0.1) is 4.90 Å². The monoisotopic (exact) mass is 440 g/mol. The zero-order valence-corrected chi connectivity index (χ0v) is 19.0. The molecular weight excluding hydrogens is 412 g/mol. The molecule has 1 aromatic heterocycles. The SMILES string of the molecule is Cc1cc2oc(=O)cc(CNc3ccc(C)c(S(=O)(=O)N4CCCCC4)c3)c2cc1C. The average molecular weight is 441 g/mol. The third kappa shape index (κ3) is 4.38. The highest BCUT2D eigenvalue weighted by Crippen LogP contribution is 2.27. The van der Waals surface area contributed by atoms with Crippen LogP contribution in [0, 0.1) is 20.8 Å². The summed E-state index contributed by atoms with van der Waals surface area (Å²) in [7, 11) is -3.52. The van der Waals surface area contributed by atoms with Gasteiger partial charge in [-0.15, -0.1) is 0 Å². The Balaban J connectivity index is 1.64. The Morgan fingerprint density at radius 1 is 0.935 bits per heavy atom. The van der Waals surface area contributed by atoms with Gasteiger partial charge in [0.2, 0.25) is 10.0 Å². The molecule has 2 aromatic carbocycles. The summed E-state index contributed by atoms with van der Waals surface area (Å²) in [4.78, 5) is 12.4. The minimum atomic E-state index is -3.52. The highest BCUT2D eigenvalue weighted by molar-refractivity contribution is 7.89. The second-order valence-corrected chi connectivity index (χ2v) is 10.2. The van der Waals surface area contributed by atoms with E-state index in [0.29, 0.717) is 35.8 Å². The molecule has 0 unspecified atom stereocenters.